The minimum absolute atomic E-state index is 0.0847. The van der Waals surface area contributed by atoms with Crippen LogP contribution in [0.4, 0.5) is 5.69 Å². The number of hydrogen-bond acceptors (Lipinski definition) is 4. The van der Waals surface area contributed by atoms with Gasteiger partial charge in [-0.3, -0.25) is 9.78 Å². The zero-order chi connectivity index (χ0) is 15.4. The molecular formula is C16H16N4OS. The number of imidazole rings is 1. The van der Waals surface area contributed by atoms with E-state index in [1.165, 1.54) is 0 Å². The van der Waals surface area contributed by atoms with Gasteiger partial charge in [0.1, 0.15) is 12.4 Å². The molecule has 3 aromatic rings. The zero-order valence-electron chi connectivity index (χ0n) is 12.2. The highest BCUT2D eigenvalue weighted by atomic mass is 32.2. The first-order valence-electron chi connectivity index (χ1n) is 6.91. The van der Waals surface area contributed by atoms with Crippen LogP contribution in [0.1, 0.15) is 5.82 Å². The molecule has 0 bridgehead atoms. The van der Waals surface area contributed by atoms with Gasteiger partial charge in [0.2, 0.25) is 5.91 Å². The number of nitrogens with zero attached hydrogens (tertiary/aromatic N) is 3. The van der Waals surface area contributed by atoms with Crippen LogP contribution in [0.15, 0.2) is 48.8 Å². The Balaban J connectivity index is 1.86. The van der Waals surface area contributed by atoms with E-state index < -0.39 is 0 Å². The van der Waals surface area contributed by atoms with E-state index in [9.17, 15) is 4.79 Å². The molecule has 0 saturated carbocycles. The minimum Gasteiger partial charge on any atom is -0.323 e. The number of carbonyl (C=O) groups excluding carboxylic acids is 1. The molecule has 0 atom stereocenters. The van der Waals surface area contributed by atoms with Gasteiger partial charge in [-0.1, -0.05) is 12.1 Å². The Morgan fingerprint density at radius 1 is 1.27 bits per heavy atom. The van der Waals surface area contributed by atoms with Crippen LogP contribution in [0.3, 0.4) is 0 Å². The predicted octanol–water partition coefficient (Wildman–Crippen LogP) is 2.93. The highest BCUT2D eigenvalue weighted by Crippen LogP contribution is 2.19. The molecule has 22 heavy (non-hydrogen) atoms. The second kappa shape index (κ2) is 6.62. The van der Waals surface area contributed by atoms with Gasteiger partial charge in [0.25, 0.3) is 0 Å². The van der Waals surface area contributed by atoms with Crippen LogP contribution in [-0.4, -0.2) is 26.7 Å². The number of amides is 1. The van der Waals surface area contributed by atoms with Crippen molar-refractivity contribution in [3.63, 3.8) is 0 Å². The number of carbonyl (C=O) groups is 1. The van der Waals surface area contributed by atoms with Crippen LogP contribution >= 0.6 is 11.8 Å². The highest BCUT2D eigenvalue weighted by Gasteiger charge is 2.13. The molecule has 112 valence electrons. The molecule has 0 fully saturated rings. The summed E-state index contributed by atoms with van der Waals surface area (Å²) < 4.78 is 1.97. The highest BCUT2D eigenvalue weighted by molar-refractivity contribution is 7.97. The Morgan fingerprint density at radius 3 is 2.91 bits per heavy atom. The van der Waals surface area contributed by atoms with Crippen LogP contribution in [0, 0.1) is 0 Å². The summed E-state index contributed by atoms with van der Waals surface area (Å²) in [5.41, 5.74) is 2.59. The Bertz CT molecular complexity index is 785. The maximum atomic E-state index is 12.3. The number of fused-ring (bicyclic) bond motifs is 1. The summed E-state index contributed by atoms with van der Waals surface area (Å²) in [5, 5.41) is 2.86. The lowest BCUT2D eigenvalue weighted by atomic mass is 10.3. The average Bonchev–Trinajstić information content (AvgIpc) is 2.86. The molecule has 2 aromatic heterocycles. The molecule has 0 saturated heterocycles. The Morgan fingerprint density at radius 2 is 2.14 bits per heavy atom. The molecule has 1 N–H and O–H groups in total. The van der Waals surface area contributed by atoms with Crippen LogP contribution in [0.5, 0.6) is 0 Å². The van der Waals surface area contributed by atoms with Gasteiger partial charge in [0.05, 0.1) is 28.7 Å². The third-order valence-electron chi connectivity index (χ3n) is 3.25. The Hall–Kier alpha value is -2.34. The quantitative estimate of drug-likeness (QED) is 0.787. The van der Waals surface area contributed by atoms with E-state index in [0.29, 0.717) is 5.69 Å². The molecule has 0 aliphatic carbocycles. The van der Waals surface area contributed by atoms with Crippen molar-refractivity contribution in [1.29, 1.82) is 0 Å². The number of aromatic nitrogens is 3. The van der Waals surface area contributed by atoms with E-state index in [2.05, 4.69) is 15.3 Å². The molecule has 6 heteroatoms. The number of nitrogens with one attached hydrogen (secondary N) is 1. The average molecular weight is 312 g/mol. The Kier molecular flexibility index (Phi) is 4.39. The normalized spacial score (nSPS) is 10.8. The zero-order valence-corrected chi connectivity index (χ0v) is 13.0. The SMILES string of the molecule is CSCc1nc2ccccc2n1CC(=O)Nc1cccnc1. The monoisotopic (exact) mass is 312 g/mol. The maximum absolute atomic E-state index is 12.3. The van der Waals surface area contributed by atoms with Gasteiger partial charge >= 0.3 is 0 Å². The lowest BCUT2D eigenvalue weighted by Gasteiger charge is -2.09. The molecule has 0 aliphatic heterocycles. The van der Waals surface area contributed by atoms with E-state index in [1.807, 2.05) is 41.2 Å². The van der Waals surface area contributed by atoms with Crippen molar-refractivity contribution in [2.75, 3.05) is 11.6 Å². The van der Waals surface area contributed by atoms with E-state index in [4.69, 9.17) is 0 Å². The lowest BCUT2D eigenvalue weighted by molar-refractivity contribution is -0.116. The maximum Gasteiger partial charge on any atom is 0.244 e. The first kappa shape index (κ1) is 14.6. The van der Waals surface area contributed by atoms with E-state index in [1.54, 1.807) is 30.2 Å². The summed E-state index contributed by atoms with van der Waals surface area (Å²) in [6, 6.07) is 11.5. The van der Waals surface area contributed by atoms with Crippen LogP contribution in [0.25, 0.3) is 11.0 Å². The number of anilines is 1. The Labute approximate surface area is 132 Å². The van der Waals surface area contributed by atoms with Crippen molar-refractivity contribution in [2.24, 2.45) is 0 Å². The predicted molar refractivity (Wildman–Crippen MR) is 89.8 cm³/mol. The molecule has 5 nitrogen and oxygen atoms in total. The second-order valence-corrected chi connectivity index (χ2v) is 5.69. The van der Waals surface area contributed by atoms with Crippen molar-refractivity contribution >= 4 is 34.4 Å². The fraction of sp³-hybridized carbons (Fsp3) is 0.188. The number of thioether (sulfide) groups is 1. The summed E-state index contributed by atoms with van der Waals surface area (Å²) in [6.07, 6.45) is 5.34. The molecule has 0 spiro atoms. The van der Waals surface area contributed by atoms with Crippen molar-refractivity contribution in [3.8, 4) is 0 Å². The largest absolute Gasteiger partial charge is 0.323 e. The van der Waals surface area contributed by atoms with Crippen LogP contribution in [-0.2, 0) is 17.1 Å². The van der Waals surface area contributed by atoms with Crippen LogP contribution in [0.2, 0.25) is 0 Å². The van der Waals surface area contributed by atoms with Gasteiger partial charge in [-0.05, 0) is 30.5 Å². The number of benzene rings is 1. The smallest absolute Gasteiger partial charge is 0.244 e. The number of pyridine rings is 1. The molecule has 1 amide bonds. The molecule has 3 rings (SSSR count). The molecule has 0 unspecified atom stereocenters. The van der Waals surface area contributed by atoms with Crippen LogP contribution < -0.4 is 5.32 Å². The van der Waals surface area contributed by atoms with Gasteiger partial charge in [-0.15, -0.1) is 0 Å². The fourth-order valence-electron chi connectivity index (χ4n) is 2.32. The summed E-state index contributed by atoms with van der Waals surface area (Å²) in [6.45, 7) is 0.241. The first-order valence-corrected chi connectivity index (χ1v) is 8.30. The minimum atomic E-state index is -0.0847. The van der Waals surface area contributed by atoms with E-state index in [0.717, 1.165) is 22.6 Å². The van der Waals surface area contributed by atoms with Crippen molar-refractivity contribution in [2.45, 2.75) is 12.3 Å². The summed E-state index contributed by atoms with van der Waals surface area (Å²) in [7, 11) is 0. The summed E-state index contributed by atoms with van der Waals surface area (Å²) >= 11 is 1.69. The third-order valence-corrected chi connectivity index (χ3v) is 3.80. The van der Waals surface area contributed by atoms with Crippen molar-refractivity contribution in [3.05, 3.63) is 54.6 Å². The summed E-state index contributed by atoms with van der Waals surface area (Å²) in [5.74, 6) is 1.60. The van der Waals surface area contributed by atoms with Gasteiger partial charge < -0.3 is 9.88 Å². The van der Waals surface area contributed by atoms with Gasteiger partial charge in [-0.2, -0.15) is 11.8 Å². The molecule has 2 heterocycles. The topological polar surface area (TPSA) is 59.8 Å². The van der Waals surface area contributed by atoms with Gasteiger partial charge in [-0.25, -0.2) is 4.98 Å². The molecule has 0 aliphatic rings. The lowest BCUT2D eigenvalue weighted by Crippen LogP contribution is -2.20. The van der Waals surface area contributed by atoms with E-state index >= 15 is 0 Å². The third kappa shape index (κ3) is 3.12. The van der Waals surface area contributed by atoms with E-state index in [-0.39, 0.29) is 12.5 Å². The fourth-order valence-corrected chi connectivity index (χ4v) is 2.80. The second-order valence-electron chi connectivity index (χ2n) is 4.83. The van der Waals surface area contributed by atoms with Gasteiger partial charge in [0, 0.05) is 6.20 Å². The standard InChI is InChI=1S/C16H16N4OS/c1-22-11-15-19-13-6-2-3-7-14(13)20(15)10-16(21)18-12-5-4-8-17-9-12/h2-9H,10-11H2,1H3,(H,18,21). The van der Waals surface area contributed by atoms with Crippen molar-refractivity contribution in [1.82, 2.24) is 14.5 Å². The first-order chi connectivity index (χ1) is 10.8. The molecular weight excluding hydrogens is 296 g/mol. The van der Waals surface area contributed by atoms with Crippen molar-refractivity contribution < 1.29 is 4.79 Å². The molecule has 0 radical (unpaired) electrons. The number of para-hydroxylation sites is 2. The van der Waals surface area contributed by atoms with Gasteiger partial charge in [0.15, 0.2) is 0 Å². The summed E-state index contributed by atoms with van der Waals surface area (Å²) in [4.78, 5) is 20.9. The number of hydrogen-bond donors (Lipinski definition) is 1. The number of rotatable bonds is 5. The molecule has 1 aromatic carbocycles.